The Bertz CT molecular complexity index is 147. The second-order valence-electron chi connectivity index (χ2n) is 4.34. The molecule has 0 radical (unpaired) electrons. The minimum atomic E-state index is 0.339. The van der Waals surface area contributed by atoms with Crippen molar-refractivity contribution in [2.45, 2.75) is 25.7 Å². The normalized spacial score (nSPS) is 19.6. The van der Waals surface area contributed by atoms with Gasteiger partial charge in [0.25, 0.3) is 0 Å². The molecule has 1 aliphatic rings. The lowest BCUT2D eigenvalue weighted by molar-refractivity contribution is 0.104. The summed E-state index contributed by atoms with van der Waals surface area (Å²) in [5, 5.41) is 10.9. The second-order valence-corrected chi connectivity index (χ2v) is 4.34. The molecule has 0 spiro atoms. The smallest absolute Gasteiger partial charge is 0.0431 e. The van der Waals surface area contributed by atoms with Crippen LogP contribution < -0.4 is 5.43 Å². The number of aliphatic hydroxyl groups excluding tert-OH is 1. The highest BCUT2D eigenvalue weighted by Crippen LogP contribution is 1.99. The average Bonchev–Trinajstić information content (AvgIpc) is 2.26. The maximum Gasteiger partial charge on any atom is 0.0431 e. The molecule has 90 valence electrons. The largest absolute Gasteiger partial charge is 0.396 e. The first-order valence-electron chi connectivity index (χ1n) is 6.11. The third-order valence-corrected chi connectivity index (χ3v) is 2.92. The highest BCUT2D eigenvalue weighted by Gasteiger charge is 2.12. The van der Waals surface area contributed by atoms with Gasteiger partial charge in [0.2, 0.25) is 0 Å². The van der Waals surface area contributed by atoms with Crippen LogP contribution in [-0.4, -0.2) is 61.4 Å². The topological polar surface area (TPSA) is 38.7 Å². The molecule has 0 bridgehead atoms. The third kappa shape index (κ3) is 6.10. The minimum absolute atomic E-state index is 0.339. The molecule has 4 nitrogen and oxygen atoms in total. The molecule has 0 aromatic rings. The number of rotatable bonds is 7. The van der Waals surface area contributed by atoms with Crippen LogP contribution in [0, 0.1) is 0 Å². The van der Waals surface area contributed by atoms with Gasteiger partial charge in [-0.3, -0.25) is 5.43 Å². The maximum atomic E-state index is 8.62. The summed E-state index contributed by atoms with van der Waals surface area (Å²) in [6.45, 7) is 6.01. The molecular formula is C11H25N3O. The van der Waals surface area contributed by atoms with E-state index >= 15 is 0 Å². The van der Waals surface area contributed by atoms with Crippen molar-refractivity contribution in [3.63, 3.8) is 0 Å². The molecule has 15 heavy (non-hydrogen) atoms. The fraction of sp³-hybridized carbons (Fsp3) is 1.00. The van der Waals surface area contributed by atoms with Gasteiger partial charge in [-0.1, -0.05) is 12.8 Å². The Hall–Kier alpha value is -0.160. The molecular weight excluding hydrogens is 190 g/mol. The predicted molar refractivity (Wildman–Crippen MR) is 62.6 cm³/mol. The van der Waals surface area contributed by atoms with Crippen molar-refractivity contribution in [3.05, 3.63) is 0 Å². The van der Waals surface area contributed by atoms with E-state index in [1.54, 1.807) is 0 Å². The summed E-state index contributed by atoms with van der Waals surface area (Å²) in [6.07, 6.45) is 4.54. The van der Waals surface area contributed by atoms with Crippen LogP contribution in [0.4, 0.5) is 0 Å². The first kappa shape index (κ1) is 12.9. The molecule has 0 aliphatic carbocycles. The van der Waals surface area contributed by atoms with Crippen molar-refractivity contribution in [1.29, 1.82) is 0 Å². The third-order valence-electron chi connectivity index (χ3n) is 2.92. The Morgan fingerprint density at radius 2 is 1.67 bits per heavy atom. The number of nitrogens with zero attached hydrogens (tertiary/aromatic N) is 2. The van der Waals surface area contributed by atoms with Crippen LogP contribution >= 0.6 is 0 Å². The van der Waals surface area contributed by atoms with Gasteiger partial charge in [-0.25, -0.2) is 5.01 Å². The Labute approximate surface area is 93.2 Å². The van der Waals surface area contributed by atoms with E-state index < -0.39 is 0 Å². The molecule has 0 aromatic heterocycles. The molecule has 1 aliphatic heterocycles. The Balaban J connectivity index is 1.87. The van der Waals surface area contributed by atoms with E-state index in [1.807, 2.05) is 0 Å². The van der Waals surface area contributed by atoms with Gasteiger partial charge < -0.3 is 10.0 Å². The summed E-state index contributed by atoms with van der Waals surface area (Å²) in [4.78, 5) is 2.36. The Morgan fingerprint density at radius 3 is 2.33 bits per heavy atom. The van der Waals surface area contributed by atoms with E-state index in [1.165, 1.54) is 12.8 Å². The lowest BCUT2D eigenvalue weighted by atomic mass is 10.2. The second kappa shape index (κ2) is 8.05. The molecule has 0 amide bonds. The number of hydrazine groups is 1. The van der Waals surface area contributed by atoms with Crippen molar-refractivity contribution in [2.75, 3.05) is 46.4 Å². The van der Waals surface area contributed by atoms with E-state index in [4.69, 9.17) is 5.11 Å². The van der Waals surface area contributed by atoms with Gasteiger partial charge >= 0.3 is 0 Å². The van der Waals surface area contributed by atoms with Gasteiger partial charge in [0, 0.05) is 39.3 Å². The van der Waals surface area contributed by atoms with Gasteiger partial charge in [-0.05, 0) is 19.9 Å². The number of unbranched alkanes of at least 4 members (excludes halogenated alkanes) is 3. The molecule has 0 aromatic carbocycles. The van der Waals surface area contributed by atoms with Crippen LogP contribution in [0.15, 0.2) is 0 Å². The van der Waals surface area contributed by atoms with Crippen molar-refractivity contribution in [3.8, 4) is 0 Å². The summed E-state index contributed by atoms with van der Waals surface area (Å²) in [5.41, 5.74) is 3.46. The Morgan fingerprint density at radius 1 is 1.00 bits per heavy atom. The number of piperazine rings is 1. The zero-order chi connectivity index (χ0) is 10.9. The lowest BCUT2D eigenvalue weighted by Crippen LogP contribution is -2.50. The van der Waals surface area contributed by atoms with Gasteiger partial charge in [0.05, 0.1) is 0 Å². The fourth-order valence-corrected chi connectivity index (χ4v) is 1.79. The number of nitrogens with one attached hydrogen (secondary N) is 1. The molecule has 0 atom stereocenters. The molecule has 0 unspecified atom stereocenters. The molecule has 1 fully saturated rings. The molecule has 0 saturated carbocycles. The zero-order valence-corrected chi connectivity index (χ0v) is 9.91. The van der Waals surface area contributed by atoms with Crippen LogP contribution in [0.5, 0.6) is 0 Å². The standard InChI is InChI=1S/C11H25N3O/c1-13-7-9-14(10-8-13)12-6-4-2-3-5-11-15/h12,15H,2-11H2,1H3. The van der Waals surface area contributed by atoms with Crippen LogP contribution in [0.2, 0.25) is 0 Å². The SMILES string of the molecule is CN1CCN(NCCCCCCO)CC1. The number of aliphatic hydroxyl groups is 1. The van der Waals surface area contributed by atoms with Gasteiger partial charge in [0.1, 0.15) is 0 Å². The first-order chi connectivity index (χ1) is 7.33. The summed E-state index contributed by atoms with van der Waals surface area (Å²) in [6, 6.07) is 0. The first-order valence-corrected chi connectivity index (χ1v) is 6.11. The monoisotopic (exact) mass is 215 g/mol. The van der Waals surface area contributed by atoms with Crippen molar-refractivity contribution in [2.24, 2.45) is 0 Å². The highest BCUT2D eigenvalue weighted by molar-refractivity contribution is 4.65. The maximum absolute atomic E-state index is 8.62. The summed E-state index contributed by atoms with van der Waals surface area (Å²) in [5.74, 6) is 0. The molecule has 1 heterocycles. The van der Waals surface area contributed by atoms with Gasteiger partial charge in [0.15, 0.2) is 0 Å². The summed E-state index contributed by atoms with van der Waals surface area (Å²) < 4.78 is 0. The fourth-order valence-electron chi connectivity index (χ4n) is 1.79. The van der Waals surface area contributed by atoms with E-state index in [0.717, 1.165) is 45.6 Å². The molecule has 2 N–H and O–H groups in total. The number of likely N-dealkylation sites (N-methyl/N-ethyl adjacent to an activating group) is 1. The summed E-state index contributed by atoms with van der Waals surface area (Å²) >= 11 is 0. The van der Waals surface area contributed by atoms with E-state index in [2.05, 4.69) is 22.4 Å². The van der Waals surface area contributed by atoms with Gasteiger partial charge in [-0.2, -0.15) is 0 Å². The van der Waals surface area contributed by atoms with Crippen LogP contribution in [-0.2, 0) is 0 Å². The predicted octanol–water partition coefficient (Wildman–Crippen LogP) is 0.291. The quantitative estimate of drug-likeness (QED) is 0.599. The minimum Gasteiger partial charge on any atom is -0.396 e. The van der Waals surface area contributed by atoms with Crippen molar-refractivity contribution in [1.82, 2.24) is 15.3 Å². The lowest BCUT2D eigenvalue weighted by Gasteiger charge is -2.32. The van der Waals surface area contributed by atoms with E-state index in [-0.39, 0.29) is 0 Å². The average molecular weight is 215 g/mol. The van der Waals surface area contributed by atoms with Crippen LogP contribution in [0.1, 0.15) is 25.7 Å². The number of hydrogen-bond donors (Lipinski definition) is 2. The van der Waals surface area contributed by atoms with Crippen molar-refractivity contribution >= 4 is 0 Å². The van der Waals surface area contributed by atoms with E-state index in [0.29, 0.717) is 6.61 Å². The highest BCUT2D eigenvalue weighted by atomic mass is 16.2. The molecule has 1 rings (SSSR count). The number of hydrogen-bond acceptors (Lipinski definition) is 4. The summed E-state index contributed by atoms with van der Waals surface area (Å²) in [7, 11) is 2.17. The van der Waals surface area contributed by atoms with E-state index in [9.17, 15) is 0 Å². The van der Waals surface area contributed by atoms with Crippen LogP contribution in [0.25, 0.3) is 0 Å². The Kier molecular flexibility index (Phi) is 6.92. The molecule has 4 heteroatoms. The zero-order valence-electron chi connectivity index (χ0n) is 9.91. The van der Waals surface area contributed by atoms with Gasteiger partial charge in [-0.15, -0.1) is 0 Å². The molecule has 1 saturated heterocycles. The van der Waals surface area contributed by atoms with Crippen molar-refractivity contribution < 1.29 is 5.11 Å². The van der Waals surface area contributed by atoms with Crippen LogP contribution in [0.3, 0.4) is 0 Å².